The van der Waals surface area contributed by atoms with Crippen molar-refractivity contribution in [3.8, 4) is 0 Å². The lowest BCUT2D eigenvalue weighted by Gasteiger charge is -2.01. The van der Waals surface area contributed by atoms with Gasteiger partial charge in [0, 0.05) is 12.8 Å². The summed E-state index contributed by atoms with van der Waals surface area (Å²) in [6.45, 7) is 2.31. The number of hydrogen-bond donors (Lipinski definition) is 11. The normalized spacial score (nSPS) is 10.4. The van der Waals surface area contributed by atoms with Crippen LogP contribution in [0.2, 0.25) is 0 Å². The van der Waals surface area contributed by atoms with E-state index in [1.54, 1.807) is 0 Å². The van der Waals surface area contributed by atoms with Gasteiger partial charge in [0.1, 0.15) is 18.3 Å². The quantitative estimate of drug-likeness (QED) is 0.0454. The smallest absolute Gasteiger partial charge is 0.303 e. The molecule has 11 N–H and O–H groups in total. The molecule has 0 fully saturated rings. The molecule has 0 aromatic rings. The number of hydrogen-bond acceptors (Lipinski definition) is 11. The summed E-state index contributed by atoms with van der Waals surface area (Å²) >= 11 is 0. The predicted octanol–water partition coefficient (Wildman–Crippen LogP) is 4.54. The first-order chi connectivity index (χ1) is 24.0. The lowest BCUT2D eigenvalue weighted by Crippen LogP contribution is -2.15. The summed E-state index contributed by atoms with van der Waals surface area (Å²) in [7, 11) is 0. The molecular formula is C37H80O13. The first-order valence-electron chi connectivity index (χ1n) is 19.1. The Hall–Kier alpha value is -1.42. The van der Waals surface area contributed by atoms with E-state index in [1.807, 2.05) is 0 Å². The van der Waals surface area contributed by atoms with E-state index in [-0.39, 0.29) is 39.6 Å². The summed E-state index contributed by atoms with van der Waals surface area (Å²) < 4.78 is 0. The molecule has 0 rings (SSSR count). The molecule has 0 aromatic heterocycles. The van der Waals surface area contributed by atoms with Crippen molar-refractivity contribution >= 4 is 11.9 Å². The average Bonchev–Trinajstić information content (AvgIpc) is 3.12. The SMILES string of the molecule is CCCCCCCCCCCCCC(=O)O.CCCCCCCCCCCCCC(=O)O.OCC(O)CO.OCC(O)CO.OCC(O)CO. The molecule has 13 heteroatoms. The van der Waals surface area contributed by atoms with Gasteiger partial charge in [0.25, 0.3) is 0 Å². The maximum atomic E-state index is 10.3. The highest BCUT2D eigenvalue weighted by molar-refractivity contribution is 5.66. The van der Waals surface area contributed by atoms with E-state index in [9.17, 15) is 9.59 Å². The van der Waals surface area contributed by atoms with E-state index in [1.165, 1.54) is 116 Å². The van der Waals surface area contributed by atoms with Gasteiger partial charge in [0.2, 0.25) is 0 Å². The molecule has 306 valence electrons. The number of aliphatic hydroxyl groups excluding tert-OH is 9. The van der Waals surface area contributed by atoms with Crippen LogP contribution in [0.15, 0.2) is 0 Å². The zero-order chi connectivity index (χ0) is 39.1. The highest BCUT2D eigenvalue weighted by Gasteiger charge is 1.98. The van der Waals surface area contributed by atoms with E-state index in [0.717, 1.165) is 25.7 Å². The van der Waals surface area contributed by atoms with E-state index in [2.05, 4.69) is 13.8 Å². The lowest BCUT2D eigenvalue weighted by atomic mass is 10.1. The third-order valence-electron chi connectivity index (χ3n) is 7.25. The minimum Gasteiger partial charge on any atom is -0.481 e. The Morgan fingerprint density at radius 3 is 0.620 bits per heavy atom. The minimum atomic E-state index is -0.954. The predicted molar refractivity (Wildman–Crippen MR) is 198 cm³/mol. The monoisotopic (exact) mass is 733 g/mol. The Bertz CT molecular complexity index is 540. The van der Waals surface area contributed by atoms with Gasteiger partial charge in [0.15, 0.2) is 0 Å². The van der Waals surface area contributed by atoms with Crippen LogP contribution in [0, 0.1) is 0 Å². The van der Waals surface area contributed by atoms with Crippen LogP contribution in [0.1, 0.15) is 168 Å². The van der Waals surface area contributed by atoms with Gasteiger partial charge >= 0.3 is 11.9 Å². The summed E-state index contributed by atoms with van der Waals surface area (Å²) in [4.78, 5) is 20.5. The van der Waals surface area contributed by atoms with E-state index in [0.29, 0.717) is 12.8 Å². The number of rotatable bonds is 30. The van der Waals surface area contributed by atoms with E-state index in [4.69, 9.17) is 56.2 Å². The molecule has 0 aliphatic carbocycles. The molecule has 0 bridgehead atoms. The van der Waals surface area contributed by atoms with Crippen LogP contribution in [-0.4, -0.2) is 126 Å². The lowest BCUT2D eigenvalue weighted by molar-refractivity contribution is -0.138. The van der Waals surface area contributed by atoms with Gasteiger partial charge in [-0.2, -0.15) is 0 Å². The number of aliphatic carboxylic acids is 2. The van der Waals surface area contributed by atoms with Crippen molar-refractivity contribution in [1.82, 2.24) is 0 Å². The summed E-state index contributed by atoms with van der Waals surface area (Å²) in [5.41, 5.74) is 0. The zero-order valence-electron chi connectivity index (χ0n) is 31.7. The van der Waals surface area contributed by atoms with Crippen LogP contribution in [-0.2, 0) is 9.59 Å². The van der Waals surface area contributed by atoms with Crippen LogP contribution in [0.25, 0.3) is 0 Å². The largest absolute Gasteiger partial charge is 0.481 e. The van der Waals surface area contributed by atoms with Crippen LogP contribution in [0.3, 0.4) is 0 Å². The molecule has 13 nitrogen and oxygen atoms in total. The summed E-state index contributed by atoms with van der Waals surface area (Å²) in [6, 6.07) is 0. The second-order valence-electron chi connectivity index (χ2n) is 12.4. The topological polar surface area (TPSA) is 257 Å². The van der Waals surface area contributed by atoms with E-state index >= 15 is 0 Å². The Kier molecular flexibility index (Phi) is 63.0. The third-order valence-corrected chi connectivity index (χ3v) is 7.25. The Labute approximate surface area is 303 Å². The Morgan fingerprint density at radius 2 is 0.500 bits per heavy atom. The van der Waals surface area contributed by atoms with Crippen LogP contribution >= 0.6 is 0 Å². The van der Waals surface area contributed by atoms with Gasteiger partial charge in [-0.3, -0.25) is 9.59 Å². The van der Waals surface area contributed by atoms with Crippen molar-refractivity contribution < 1.29 is 65.8 Å². The van der Waals surface area contributed by atoms with Crippen molar-refractivity contribution in [3.05, 3.63) is 0 Å². The minimum absolute atomic E-state index is 0.344. The fourth-order valence-electron chi connectivity index (χ4n) is 4.05. The first-order valence-corrected chi connectivity index (χ1v) is 19.1. The summed E-state index contributed by atoms with van der Waals surface area (Å²) in [5, 5.41) is 89.0. The summed E-state index contributed by atoms with van der Waals surface area (Å²) in [5.74, 6) is -1.31. The van der Waals surface area contributed by atoms with Gasteiger partial charge in [-0.25, -0.2) is 0 Å². The molecule has 0 heterocycles. The second-order valence-corrected chi connectivity index (χ2v) is 12.4. The second kappa shape index (κ2) is 54.4. The number of aliphatic hydroxyl groups is 9. The van der Waals surface area contributed by atoms with Gasteiger partial charge in [-0.15, -0.1) is 0 Å². The third kappa shape index (κ3) is 72.3. The molecule has 50 heavy (non-hydrogen) atoms. The molecule has 0 aromatic carbocycles. The maximum Gasteiger partial charge on any atom is 0.303 e. The molecule has 0 atom stereocenters. The standard InChI is InChI=1S/2C14H28O2.3C3H8O3/c2*1-2-3-4-5-6-7-8-9-10-11-12-13-14(15)16;3*4-1-3(6)2-5/h2*2-13H2,1H3,(H,15,16);3*3-6H,1-2H2. The van der Waals surface area contributed by atoms with Crippen molar-refractivity contribution in [2.45, 2.75) is 186 Å². The molecular weight excluding hydrogens is 652 g/mol. The Morgan fingerprint density at radius 1 is 0.340 bits per heavy atom. The van der Waals surface area contributed by atoms with E-state index < -0.39 is 30.3 Å². The van der Waals surface area contributed by atoms with Crippen LogP contribution < -0.4 is 0 Å². The van der Waals surface area contributed by atoms with Crippen molar-refractivity contribution in [3.63, 3.8) is 0 Å². The molecule has 0 unspecified atom stereocenters. The fourth-order valence-corrected chi connectivity index (χ4v) is 4.05. The van der Waals surface area contributed by atoms with Crippen LogP contribution in [0.5, 0.6) is 0 Å². The first kappa shape index (κ1) is 57.9. The maximum absolute atomic E-state index is 10.3. The van der Waals surface area contributed by atoms with Gasteiger partial charge in [0.05, 0.1) is 39.6 Å². The molecule has 0 radical (unpaired) electrons. The number of unbranched alkanes of at least 4 members (excludes halogenated alkanes) is 20. The van der Waals surface area contributed by atoms with Gasteiger partial charge in [-0.05, 0) is 12.8 Å². The molecule has 0 saturated heterocycles. The van der Waals surface area contributed by atoms with Gasteiger partial charge in [-0.1, -0.05) is 142 Å². The van der Waals surface area contributed by atoms with Crippen molar-refractivity contribution in [2.24, 2.45) is 0 Å². The van der Waals surface area contributed by atoms with Gasteiger partial charge < -0.3 is 56.2 Å². The zero-order valence-corrected chi connectivity index (χ0v) is 31.7. The number of carboxylic acid groups (broad SMARTS) is 2. The molecule has 0 spiro atoms. The summed E-state index contributed by atoms with van der Waals surface area (Å²) in [6.07, 6.45) is 25.9. The van der Waals surface area contributed by atoms with Crippen molar-refractivity contribution in [2.75, 3.05) is 39.6 Å². The molecule has 0 saturated carbocycles. The molecule has 0 amide bonds. The highest BCUT2D eigenvalue weighted by atomic mass is 16.4. The number of carbonyl (C=O) groups is 2. The molecule has 0 aliphatic heterocycles. The molecule has 0 aliphatic rings. The number of carboxylic acids is 2. The fraction of sp³-hybridized carbons (Fsp3) is 0.946. The average molecular weight is 733 g/mol. The highest BCUT2D eigenvalue weighted by Crippen LogP contribution is 2.13. The van der Waals surface area contributed by atoms with Crippen molar-refractivity contribution in [1.29, 1.82) is 0 Å². The Balaban J connectivity index is -0.000000183. The van der Waals surface area contributed by atoms with Crippen LogP contribution in [0.4, 0.5) is 0 Å².